The molecule has 1 aliphatic heterocycles. The molecule has 1 aromatic rings. The van der Waals surface area contributed by atoms with Gasteiger partial charge in [0.2, 0.25) is 10.0 Å². The number of nitrogens with zero attached hydrogens (tertiary/aromatic N) is 1. The SMILES string of the molecule is Cc1ccc(S(=O)(=O)N2C[C@@H](C)O[C@@H](C)C2)cc1C(=O)O. The van der Waals surface area contributed by atoms with E-state index in [0.717, 1.165) is 0 Å². The predicted octanol–water partition coefficient (Wildman–Crippen LogP) is 1.49. The minimum Gasteiger partial charge on any atom is -0.478 e. The summed E-state index contributed by atoms with van der Waals surface area (Å²) in [6, 6.07) is 4.18. The molecule has 0 saturated carbocycles. The first-order chi connectivity index (χ1) is 9.71. The average Bonchev–Trinajstić information content (AvgIpc) is 2.37. The van der Waals surface area contributed by atoms with Gasteiger partial charge in [-0.2, -0.15) is 4.31 Å². The lowest BCUT2D eigenvalue weighted by Crippen LogP contribution is -2.48. The van der Waals surface area contributed by atoms with Gasteiger partial charge in [0, 0.05) is 13.1 Å². The second kappa shape index (κ2) is 5.75. The van der Waals surface area contributed by atoms with Gasteiger partial charge in [0.05, 0.1) is 22.7 Å². The minimum absolute atomic E-state index is 0.00503. The van der Waals surface area contributed by atoms with E-state index in [2.05, 4.69) is 0 Å². The fraction of sp³-hybridized carbons (Fsp3) is 0.500. The molecule has 2 atom stereocenters. The zero-order valence-electron chi connectivity index (χ0n) is 12.2. The number of carboxylic acids is 1. The van der Waals surface area contributed by atoms with Crippen LogP contribution in [0.2, 0.25) is 0 Å². The maximum Gasteiger partial charge on any atom is 0.335 e. The molecule has 0 aliphatic carbocycles. The van der Waals surface area contributed by atoms with Crippen LogP contribution in [0.15, 0.2) is 23.1 Å². The van der Waals surface area contributed by atoms with Crippen LogP contribution in [-0.4, -0.2) is 49.1 Å². The number of hydrogen-bond donors (Lipinski definition) is 1. The molecule has 0 bridgehead atoms. The van der Waals surface area contributed by atoms with Gasteiger partial charge < -0.3 is 9.84 Å². The van der Waals surface area contributed by atoms with Crippen LogP contribution < -0.4 is 0 Å². The Balaban J connectivity index is 2.40. The first kappa shape index (κ1) is 15.9. The van der Waals surface area contributed by atoms with E-state index in [1.807, 2.05) is 13.8 Å². The van der Waals surface area contributed by atoms with E-state index in [-0.39, 0.29) is 35.8 Å². The van der Waals surface area contributed by atoms with Crippen LogP contribution in [0.4, 0.5) is 0 Å². The van der Waals surface area contributed by atoms with Crippen molar-refractivity contribution in [1.29, 1.82) is 0 Å². The van der Waals surface area contributed by atoms with Crippen LogP contribution in [0.5, 0.6) is 0 Å². The van der Waals surface area contributed by atoms with Gasteiger partial charge in [-0.05, 0) is 38.5 Å². The Bertz CT molecular complexity index is 645. The molecular formula is C14H19NO5S. The van der Waals surface area contributed by atoms with E-state index in [4.69, 9.17) is 9.84 Å². The van der Waals surface area contributed by atoms with Crippen molar-refractivity contribution in [2.45, 2.75) is 37.9 Å². The van der Waals surface area contributed by atoms with Crippen molar-refractivity contribution in [1.82, 2.24) is 4.31 Å². The Morgan fingerprint density at radius 1 is 1.29 bits per heavy atom. The minimum atomic E-state index is -3.71. The highest BCUT2D eigenvalue weighted by Gasteiger charge is 2.32. The van der Waals surface area contributed by atoms with Crippen LogP contribution in [-0.2, 0) is 14.8 Å². The molecule has 1 aromatic carbocycles. The second-order valence-electron chi connectivity index (χ2n) is 5.36. The molecule has 1 saturated heterocycles. The van der Waals surface area contributed by atoms with Crippen molar-refractivity contribution in [3.8, 4) is 0 Å². The summed E-state index contributed by atoms with van der Waals surface area (Å²) in [7, 11) is -3.71. The van der Waals surface area contributed by atoms with Gasteiger partial charge in [0.1, 0.15) is 0 Å². The Morgan fingerprint density at radius 2 is 1.86 bits per heavy atom. The summed E-state index contributed by atoms with van der Waals surface area (Å²) in [6.45, 7) is 5.80. The van der Waals surface area contributed by atoms with E-state index in [1.165, 1.54) is 22.5 Å². The summed E-state index contributed by atoms with van der Waals surface area (Å²) in [5, 5.41) is 9.12. The zero-order valence-corrected chi connectivity index (χ0v) is 13.1. The number of carbonyl (C=O) groups is 1. The van der Waals surface area contributed by atoms with E-state index < -0.39 is 16.0 Å². The molecule has 1 fully saturated rings. The van der Waals surface area contributed by atoms with Crippen molar-refractivity contribution < 1.29 is 23.1 Å². The number of carboxylic acid groups (broad SMARTS) is 1. The molecule has 1 N–H and O–H groups in total. The molecule has 0 spiro atoms. The quantitative estimate of drug-likeness (QED) is 0.914. The molecule has 2 rings (SSSR count). The summed E-state index contributed by atoms with van der Waals surface area (Å²) < 4.78 is 32.2. The molecule has 116 valence electrons. The molecule has 21 heavy (non-hydrogen) atoms. The van der Waals surface area contributed by atoms with Gasteiger partial charge in [-0.25, -0.2) is 13.2 Å². The summed E-state index contributed by atoms with van der Waals surface area (Å²) >= 11 is 0. The molecule has 6 nitrogen and oxygen atoms in total. The van der Waals surface area contributed by atoms with Crippen LogP contribution in [0.3, 0.4) is 0 Å². The third-order valence-electron chi connectivity index (χ3n) is 3.46. The number of hydrogen-bond acceptors (Lipinski definition) is 4. The third-order valence-corrected chi connectivity index (χ3v) is 5.29. The van der Waals surface area contributed by atoms with Crippen LogP contribution in [0, 0.1) is 6.92 Å². The normalized spacial score (nSPS) is 24.0. The van der Waals surface area contributed by atoms with Crippen LogP contribution >= 0.6 is 0 Å². The Labute approximate surface area is 124 Å². The Kier molecular flexibility index (Phi) is 4.36. The number of rotatable bonds is 3. The number of aromatic carboxylic acids is 1. The number of benzene rings is 1. The molecule has 0 unspecified atom stereocenters. The second-order valence-corrected chi connectivity index (χ2v) is 7.30. The van der Waals surface area contributed by atoms with E-state index >= 15 is 0 Å². The first-order valence-corrected chi connectivity index (χ1v) is 8.15. The average molecular weight is 313 g/mol. The maximum absolute atomic E-state index is 12.6. The van der Waals surface area contributed by atoms with E-state index in [9.17, 15) is 13.2 Å². The molecule has 0 radical (unpaired) electrons. The topological polar surface area (TPSA) is 83.9 Å². The fourth-order valence-corrected chi connectivity index (χ4v) is 4.09. The van der Waals surface area contributed by atoms with Crippen LogP contribution in [0.1, 0.15) is 29.8 Å². The lowest BCUT2D eigenvalue weighted by Gasteiger charge is -2.34. The zero-order chi connectivity index (χ0) is 15.8. The lowest BCUT2D eigenvalue weighted by molar-refractivity contribution is -0.0440. The van der Waals surface area contributed by atoms with Gasteiger partial charge in [0.25, 0.3) is 0 Å². The highest BCUT2D eigenvalue weighted by Crippen LogP contribution is 2.23. The van der Waals surface area contributed by atoms with Crippen molar-refractivity contribution in [2.24, 2.45) is 0 Å². The molecule has 0 amide bonds. The van der Waals surface area contributed by atoms with Gasteiger partial charge in [0.15, 0.2) is 0 Å². The van der Waals surface area contributed by atoms with Crippen molar-refractivity contribution >= 4 is 16.0 Å². The van der Waals surface area contributed by atoms with Crippen LogP contribution in [0.25, 0.3) is 0 Å². The largest absolute Gasteiger partial charge is 0.478 e. The molecule has 0 aromatic heterocycles. The molecule has 1 heterocycles. The summed E-state index contributed by atoms with van der Waals surface area (Å²) in [4.78, 5) is 11.2. The van der Waals surface area contributed by atoms with Gasteiger partial charge >= 0.3 is 5.97 Å². The number of aryl methyl sites for hydroxylation is 1. The Morgan fingerprint density at radius 3 is 2.38 bits per heavy atom. The maximum atomic E-state index is 12.6. The first-order valence-electron chi connectivity index (χ1n) is 6.71. The number of morpholine rings is 1. The highest BCUT2D eigenvalue weighted by molar-refractivity contribution is 7.89. The summed E-state index contributed by atoms with van der Waals surface area (Å²) in [5.74, 6) is -1.13. The lowest BCUT2D eigenvalue weighted by atomic mass is 10.1. The number of sulfonamides is 1. The predicted molar refractivity (Wildman–Crippen MR) is 76.9 cm³/mol. The number of ether oxygens (including phenoxy) is 1. The van der Waals surface area contributed by atoms with Gasteiger partial charge in [-0.1, -0.05) is 6.07 Å². The standard InChI is InChI=1S/C14H19NO5S/c1-9-4-5-12(6-13(9)14(16)17)21(18,19)15-7-10(2)20-11(3)8-15/h4-6,10-11H,7-8H2,1-3H3,(H,16,17)/t10-,11+. The van der Waals surface area contributed by atoms with E-state index in [0.29, 0.717) is 5.56 Å². The Hall–Kier alpha value is -1.44. The van der Waals surface area contributed by atoms with Crippen molar-refractivity contribution in [3.63, 3.8) is 0 Å². The van der Waals surface area contributed by atoms with Gasteiger partial charge in [-0.3, -0.25) is 0 Å². The molecule has 7 heteroatoms. The van der Waals surface area contributed by atoms with Gasteiger partial charge in [-0.15, -0.1) is 0 Å². The molecule has 1 aliphatic rings. The third kappa shape index (κ3) is 3.25. The monoisotopic (exact) mass is 313 g/mol. The highest BCUT2D eigenvalue weighted by atomic mass is 32.2. The van der Waals surface area contributed by atoms with Crippen molar-refractivity contribution in [2.75, 3.05) is 13.1 Å². The summed E-state index contributed by atoms with van der Waals surface area (Å²) in [6.07, 6.45) is -0.374. The smallest absolute Gasteiger partial charge is 0.335 e. The molecular weight excluding hydrogens is 294 g/mol. The summed E-state index contributed by atoms with van der Waals surface area (Å²) in [5.41, 5.74) is 0.538. The van der Waals surface area contributed by atoms with Crippen molar-refractivity contribution in [3.05, 3.63) is 29.3 Å². The van der Waals surface area contributed by atoms with E-state index in [1.54, 1.807) is 6.92 Å². The fourth-order valence-electron chi connectivity index (χ4n) is 2.47.